The Labute approximate surface area is 305 Å². The zero-order chi connectivity index (χ0) is 37.9. The van der Waals surface area contributed by atoms with Crippen molar-refractivity contribution in [2.24, 2.45) is 5.41 Å². The molecule has 2 amide bonds. The summed E-state index contributed by atoms with van der Waals surface area (Å²) in [5, 5.41) is 23.2. The fourth-order valence-corrected chi connectivity index (χ4v) is 7.75. The Hall–Kier alpha value is -4.17. The minimum atomic E-state index is -4.81. The zero-order valence-corrected chi connectivity index (χ0v) is 30.7. The number of carboxylic acid groups (broad SMARTS) is 1. The van der Waals surface area contributed by atoms with Crippen LogP contribution in [0.1, 0.15) is 92.2 Å². The van der Waals surface area contributed by atoms with Crippen LogP contribution in [-0.4, -0.2) is 80.7 Å². The number of piperidine rings is 2. The molecular weight excluding hydrogens is 699 g/mol. The van der Waals surface area contributed by atoms with Gasteiger partial charge in [0.25, 0.3) is 11.8 Å². The number of amides is 2. The van der Waals surface area contributed by atoms with Gasteiger partial charge in [-0.1, -0.05) is 31.5 Å². The number of nitrogens with zero attached hydrogens (tertiary/aromatic N) is 3. The number of para-hydroxylation sites is 1. The average molecular weight is 746 g/mol. The van der Waals surface area contributed by atoms with Gasteiger partial charge in [0, 0.05) is 48.1 Å². The van der Waals surface area contributed by atoms with Crippen molar-refractivity contribution in [3.8, 4) is 11.5 Å². The first-order valence-corrected chi connectivity index (χ1v) is 18.4. The van der Waals surface area contributed by atoms with Crippen LogP contribution < -0.4 is 9.47 Å². The van der Waals surface area contributed by atoms with Gasteiger partial charge in [-0.15, -0.1) is 11.3 Å². The molecular formula is C38H46F3N3O7S. The van der Waals surface area contributed by atoms with Gasteiger partial charge in [-0.3, -0.25) is 19.4 Å². The molecule has 2 aromatic heterocycles. The number of thiophene rings is 1. The topological polar surface area (TPSA) is 130 Å². The minimum Gasteiger partial charge on any atom is -0.493 e. The van der Waals surface area contributed by atoms with E-state index in [0.717, 1.165) is 23.2 Å². The van der Waals surface area contributed by atoms with Gasteiger partial charge in [-0.2, -0.15) is 13.2 Å². The van der Waals surface area contributed by atoms with Crippen molar-refractivity contribution in [3.05, 3.63) is 75.7 Å². The largest absolute Gasteiger partial charge is 0.493 e. The van der Waals surface area contributed by atoms with E-state index < -0.39 is 57.9 Å². The zero-order valence-electron chi connectivity index (χ0n) is 29.9. The number of aryl methyl sites for hydroxylation is 1. The lowest BCUT2D eigenvalue weighted by atomic mass is 9.78. The molecule has 4 heterocycles. The minimum absolute atomic E-state index is 0.121. The van der Waals surface area contributed by atoms with E-state index in [1.807, 2.05) is 13.8 Å². The van der Waals surface area contributed by atoms with E-state index in [9.17, 15) is 37.8 Å². The highest BCUT2D eigenvalue weighted by atomic mass is 32.1. The van der Waals surface area contributed by atoms with Gasteiger partial charge in [-0.05, 0) is 77.1 Å². The van der Waals surface area contributed by atoms with E-state index in [4.69, 9.17) is 9.47 Å². The highest BCUT2D eigenvalue weighted by Gasteiger charge is 2.56. The highest BCUT2D eigenvalue weighted by molar-refractivity contribution is 7.10. The second kappa shape index (κ2) is 15.4. The van der Waals surface area contributed by atoms with Crippen LogP contribution in [0.3, 0.4) is 0 Å². The fraction of sp³-hybridized carbons (Fsp3) is 0.526. The lowest BCUT2D eigenvalue weighted by Crippen LogP contribution is -2.68. The van der Waals surface area contributed by atoms with Gasteiger partial charge in [0.15, 0.2) is 0 Å². The number of aliphatic hydroxyl groups is 1. The molecule has 2 atom stereocenters. The Morgan fingerprint density at radius 3 is 2.40 bits per heavy atom. The first-order chi connectivity index (χ1) is 24.5. The van der Waals surface area contributed by atoms with E-state index in [1.165, 1.54) is 16.2 Å². The predicted molar refractivity (Wildman–Crippen MR) is 188 cm³/mol. The molecule has 0 aliphatic carbocycles. The van der Waals surface area contributed by atoms with E-state index in [0.29, 0.717) is 29.9 Å². The van der Waals surface area contributed by atoms with Crippen molar-refractivity contribution in [3.63, 3.8) is 0 Å². The summed E-state index contributed by atoms with van der Waals surface area (Å²) in [5.74, 6) is -1.39. The second-order valence-corrected chi connectivity index (χ2v) is 15.4. The summed E-state index contributed by atoms with van der Waals surface area (Å²) in [6, 6.07) is 9.89. The number of carboxylic acids is 1. The Kier molecular flexibility index (Phi) is 11.6. The molecule has 282 valence electrons. The summed E-state index contributed by atoms with van der Waals surface area (Å²) < 4.78 is 54.8. The number of halogens is 3. The summed E-state index contributed by atoms with van der Waals surface area (Å²) in [6.45, 7) is 7.52. The van der Waals surface area contributed by atoms with Crippen LogP contribution in [0.15, 0.2) is 54.0 Å². The van der Waals surface area contributed by atoms with Gasteiger partial charge in [0.2, 0.25) is 5.60 Å². The van der Waals surface area contributed by atoms with Gasteiger partial charge in [0.05, 0.1) is 29.2 Å². The first-order valence-electron chi connectivity index (χ1n) is 17.6. The number of benzene rings is 1. The lowest BCUT2D eigenvalue weighted by molar-refractivity contribution is -0.163. The molecule has 2 aliphatic rings. The molecule has 0 radical (unpaired) electrons. The van der Waals surface area contributed by atoms with Crippen LogP contribution >= 0.6 is 11.3 Å². The lowest BCUT2D eigenvalue weighted by Gasteiger charge is -2.51. The Morgan fingerprint density at radius 2 is 1.77 bits per heavy atom. The third kappa shape index (κ3) is 8.07. The number of aliphatic carboxylic acids is 1. The van der Waals surface area contributed by atoms with Crippen LogP contribution in [0.4, 0.5) is 13.2 Å². The summed E-state index contributed by atoms with van der Waals surface area (Å²) in [6.07, 6.45) is -1.77. The number of likely N-dealkylation sites (tertiary alicyclic amines) is 2. The maximum atomic E-state index is 14.9. The van der Waals surface area contributed by atoms with Gasteiger partial charge in [-0.25, -0.2) is 0 Å². The SMILES string of the molecule is CCC[C@H]1N(C(=O)c2ncccc2C(F)(F)F)CCC[C@@]1(Oc1csc(C)c1)C(=O)N1CCC(O)(c2ccccc2OCCC(C)(C)C(=O)O)CC1. The van der Waals surface area contributed by atoms with Crippen molar-refractivity contribution < 1.29 is 47.2 Å². The molecule has 0 saturated carbocycles. The van der Waals surface area contributed by atoms with Crippen LogP contribution in [0.25, 0.3) is 0 Å². The van der Waals surface area contributed by atoms with Crippen molar-refractivity contribution in [2.75, 3.05) is 26.2 Å². The van der Waals surface area contributed by atoms with Crippen LogP contribution in [0.2, 0.25) is 0 Å². The van der Waals surface area contributed by atoms with Crippen molar-refractivity contribution in [2.45, 2.75) is 96.1 Å². The maximum Gasteiger partial charge on any atom is 0.418 e. The molecule has 52 heavy (non-hydrogen) atoms. The quantitative estimate of drug-likeness (QED) is 0.201. The maximum absolute atomic E-state index is 14.9. The molecule has 0 spiro atoms. The summed E-state index contributed by atoms with van der Waals surface area (Å²) in [7, 11) is 0. The van der Waals surface area contributed by atoms with Crippen LogP contribution in [-0.2, 0) is 21.4 Å². The number of aromatic nitrogens is 1. The van der Waals surface area contributed by atoms with Gasteiger partial charge < -0.3 is 29.5 Å². The molecule has 3 aromatic rings. The monoisotopic (exact) mass is 745 g/mol. The molecule has 1 aromatic carbocycles. The number of carbonyl (C=O) groups is 3. The molecule has 10 nitrogen and oxygen atoms in total. The van der Waals surface area contributed by atoms with E-state index in [-0.39, 0.29) is 58.3 Å². The Balaban J connectivity index is 1.43. The molecule has 2 aliphatic heterocycles. The molecule has 2 fully saturated rings. The van der Waals surface area contributed by atoms with E-state index >= 15 is 0 Å². The van der Waals surface area contributed by atoms with E-state index in [2.05, 4.69) is 4.98 Å². The number of rotatable bonds is 12. The van der Waals surface area contributed by atoms with Crippen LogP contribution in [0, 0.1) is 12.3 Å². The number of hydrogen-bond donors (Lipinski definition) is 2. The standard InChI is InChI=1S/C38H46F3N3O7S/c1-5-10-30-37(51-26-23-25(2)52-24-26,14-9-19-44(30)32(45)31-28(38(39,40)41)12-8-18-42-31)33(46)43-20-15-36(49,16-21-43)27-11-6-7-13-29(27)50-22-17-35(3,4)34(47)48/h6-8,11-13,18,23-24,30,49H,5,9-10,14-17,19-22H2,1-4H3,(H,47,48)/t30-,37+/m1/s1. The number of hydrogen-bond acceptors (Lipinski definition) is 8. The normalized spacial score (nSPS) is 20.7. The van der Waals surface area contributed by atoms with Crippen LogP contribution in [0.5, 0.6) is 11.5 Å². The summed E-state index contributed by atoms with van der Waals surface area (Å²) >= 11 is 1.43. The van der Waals surface area contributed by atoms with Gasteiger partial charge in [0.1, 0.15) is 17.2 Å². The summed E-state index contributed by atoms with van der Waals surface area (Å²) in [5.41, 5.74) is -5.30. The first kappa shape index (κ1) is 39.0. The number of ether oxygens (including phenoxy) is 2. The molecule has 5 rings (SSSR count). The average Bonchev–Trinajstić information content (AvgIpc) is 3.52. The van der Waals surface area contributed by atoms with Crippen molar-refractivity contribution in [1.29, 1.82) is 0 Å². The summed E-state index contributed by atoms with van der Waals surface area (Å²) in [4.78, 5) is 48.3. The Morgan fingerprint density at radius 1 is 1.06 bits per heavy atom. The van der Waals surface area contributed by atoms with Crippen molar-refractivity contribution in [1.82, 2.24) is 14.8 Å². The second-order valence-electron chi connectivity index (χ2n) is 14.3. The van der Waals surface area contributed by atoms with Crippen molar-refractivity contribution >= 4 is 29.1 Å². The number of alkyl halides is 3. The third-order valence-electron chi connectivity index (χ3n) is 10.2. The molecule has 14 heteroatoms. The molecule has 2 N–H and O–H groups in total. The Bertz CT molecular complexity index is 1750. The molecule has 0 unspecified atom stereocenters. The smallest absolute Gasteiger partial charge is 0.418 e. The third-order valence-corrected chi connectivity index (χ3v) is 11.0. The van der Waals surface area contributed by atoms with E-state index in [1.54, 1.807) is 54.5 Å². The molecule has 2 saturated heterocycles. The number of pyridine rings is 1. The number of carbonyl (C=O) groups excluding carboxylic acids is 2. The fourth-order valence-electron chi connectivity index (χ4n) is 7.14. The predicted octanol–water partition coefficient (Wildman–Crippen LogP) is 7.08. The highest BCUT2D eigenvalue weighted by Crippen LogP contribution is 2.43. The molecule has 0 bridgehead atoms. The van der Waals surface area contributed by atoms with Gasteiger partial charge >= 0.3 is 12.1 Å².